The van der Waals surface area contributed by atoms with Crippen molar-refractivity contribution in [3.63, 3.8) is 0 Å². The van der Waals surface area contributed by atoms with Crippen LogP contribution in [0.2, 0.25) is 0 Å². The highest BCUT2D eigenvalue weighted by atomic mass is 35.5. The van der Waals surface area contributed by atoms with E-state index >= 15 is 0 Å². The third-order valence-electron chi connectivity index (χ3n) is 3.37. The van der Waals surface area contributed by atoms with Gasteiger partial charge in [0.1, 0.15) is 0 Å². The Hall–Kier alpha value is -0.980. The van der Waals surface area contributed by atoms with Gasteiger partial charge in [0.25, 0.3) is 0 Å². The number of anilines is 1. The van der Waals surface area contributed by atoms with Crippen molar-refractivity contribution in [2.45, 2.75) is 38.1 Å². The normalized spacial score (nSPS) is 21.7. The van der Waals surface area contributed by atoms with Crippen LogP contribution in [0.25, 0.3) is 0 Å². The highest BCUT2D eigenvalue weighted by Gasteiger charge is 2.25. The van der Waals surface area contributed by atoms with Gasteiger partial charge in [0.2, 0.25) is 5.91 Å². The lowest BCUT2D eigenvalue weighted by molar-refractivity contribution is -0.117. The molecular weight excluding hydrogens is 286 g/mol. The van der Waals surface area contributed by atoms with E-state index in [1.165, 1.54) is 11.3 Å². The van der Waals surface area contributed by atoms with Crippen molar-refractivity contribution in [2.75, 3.05) is 11.9 Å². The second-order valence-corrected chi connectivity index (χ2v) is 5.71. The first kappa shape index (κ1) is 14.4. The van der Waals surface area contributed by atoms with Gasteiger partial charge >= 0.3 is 0 Å². The highest BCUT2D eigenvalue weighted by molar-refractivity contribution is 7.17. The number of hydrogen-bond donors (Lipinski definition) is 2. The number of aryl methyl sites for hydroxylation is 1. The third kappa shape index (κ3) is 2.96. The van der Waals surface area contributed by atoms with E-state index in [2.05, 4.69) is 15.6 Å². The maximum atomic E-state index is 11.9. The molecule has 19 heavy (non-hydrogen) atoms. The number of Topliss-reactive ketones (excluding diaryl/α,β-unsaturated/α-hetero) is 1. The zero-order valence-electron chi connectivity index (χ0n) is 10.4. The highest BCUT2D eigenvalue weighted by Crippen LogP contribution is 2.29. The number of nitrogens with zero attached hydrogens (tertiary/aromatic N) is 1. The van der Waals surface area contributed by atoms with Crippen LogP contribution in [-0.4, -0.2) is 29.3 Å². The molecule has 1 amide bonds. The van der Waals surface area contributed by atoms with E-state index in [-0.39, 0.29) is 30.1 Å². The number of ketones is 1. The van der Waals surface area contributed by atoms with E-state index in [1.807, 2.05) is 0 Å². The summed E-state index contributed by atoms with van der Waals surface area (Å²) in [5.41, 5.74) is 0.853. The third-order valence-corrected chi connectivity index (χ3v) is 4.43. The van der Waals surface area contributed by atoms with Crippen molar-refractivity contribution >= 4 is 40.6 Å². The van der Waals surface area contributed by atoms with Gasteiger partial charge in [0.05, 0.1) is 16.6 Å². The summed E-state index contributed by atoms with van der Waals surface area (Å²) < 4.78 is 0. The molecule has 1 fully saturated rings. The summed E-state index contributed by atoms with van der Waals surface area (Å²) in [6, 6.07) is -0.110. The molecule has 1 atom stereocenters. The van der Waals surface area contributed by atoms with Gasteiger partial charge in [-0.15, -0.1) is 12.4 Å². The topological polar surface area (TPSA) is 71.1 Å². The fraction of sp³-hybridized carbons (Fsp3) is 0.583. The Morgan fingerprint density at radius 2 is 2.21 bits per heavy atom. The summed E-state index contributed by atoms with van der Waals surface area (Å²) in [4.78, 5) is 28.7. The van der Waals surface area contributed by atoms with E-state index in [9.17, 15) is 9.59 Å². The minimum absolute atomic E-state index is 0. The number of amides is 1. The van der Waals surface area contributed by atoms with Gasteiger partial charge in [-0.05, 0) is 32.2 Å². The molecule has 0 radical (unpaired) electrons. The molecule has 1 unspecified atom stereocenters. The largest absolute Gasteiger partial charge is 0.306 e. The molecule has 0 spiro atoms. The van der Waals surface area contributed by atoms with Crippen molar-refractivity contribution in [1.82, 2.24) is 10.3 Å². The molecule has 1 aliphatic carbocycles. The lowest BCUT2D eigenvalue weighted by Crippen LogP contribution is -2.35. The Balaban J connectivity index is 0.00000133. The summed E-state index contributed by atoms with van der Waals surface area (Å²) in [7, 11) is 0. The minimum atomic E-state index is -0.110. The molecule has 0 bridgehead atoms. The molecular formula is C12H16ClN3O2S. The predicted octanol–water partition coefficient (Wildman–Crippen LogP) is 1.77. The molecule has 2 heterocycles. The van der Waals surface area contributed by atoms with Crippen LogP contribution in [0.3, 0.4) is 0 Å². The number of nitrogens with one attached hydrogen (secondary N) is 2. The van der Waals surface area contributed by atoms with Crippen molar-refractivity contribution in [1.29, 1.82) is 0 Å². The average Bonchev–Trinajstić information content (AvgIpc) is 2.97. The minimum Gasteiger partial charge on any atom is -0.306 e. The SMILES string of the molecule is Cl.O=C1CCCc2nc(NC(=O)C3CCCN3)sc21. The number of carbonyl (C=O) groups excluding carboxylic acids is 2. The zero-order valence-corrected chi connectivity index (χ0v) is 12.0. The first-order valence-corrected chi connectivity index (χ1v) is 7.13. The lowest BCUT2D eigenvalue weighted by atomic mass is 10.0. The molecule has 1 aliphatic heterocycles. The van der Waals surface area contributed by atoms with Gasteiger partial charge in [-0.2, -0.15) is 0 Å². The molecule has 1 aromatic heterocycles. The number of carbonyl (C=O) groups is 2. The van der Waals surface area contributed by atoms with E-state index in [1.54, 1.807) is 0 Å². The second-order valence-electron chi connectivity index (χ2n) is 4.71. The molecule has 1 saturated heterocycles. The smallest absolute Gasteiger partial charge is 0.243 e. The van der Waals surface area contributed by atoms with Crippen molar-refractivity contribution in [3.05, 3.63) is 10.6 Å². The number of rotatable bonds is 2. The average molecular weight is 302 g/mol. The number of halogens is 1. The summed E-state index contributed by atoms with van der Waals surface area (Å²) in [5, 5.41) is 6.52. The Morgan fingerprint density at radius 1 is 1.37 bits per heavy atom. The molecule has 104 valence electrons. The van der Waals surface area contributed by atoms with Gasteiger partial charge < -0.3 is 10.6 Å². The number of aromatic nitrogens is 1. The molecule has 0 aromatic carbocycles. The fourth-order valence-corrected chi connectivity index (χ4v) is 3.41. The first-order chi connectivity index (χ1) is 8.74. The van der Waals surface area contributed by atoms with Crippen molar-refractivity contribution in [3.8, 4) is 0 Å². The molecule has 7 heteroatoms. The predicted molar refractivity (Wildman–Crippen MR) is 76.3 cm³/mol. The summed E-state index contributed by atoms with van der Waals surface area (Å²) in [6.45, 7) is 0.894. The van der Waals surface area contributed by atoms with E-state index in [0.29, 0.717) is 11.6 Å². The Kier molecular flexibility index (Phi) is 4.54. The first-order valence-electron chi connectivity index (χ1n) is 6.31. The molecule has 2 aliphatic rings. The number of thiazole rings is 1. The van der Waals surface area contributed by atoms with Crippen LogP contribution >= 0.6 is 23.7 Å². The van der Waals surface area contributed by atoms with Gasteiger partial charge in [-0.1, -0.05) is 11.3 Å². The monoisotopic (exact) mass is 301 g/mol. The van der Waals surface area contributed by atoms with Crippen LogP contribution in [0.1, 0.15) is 41.0 Å². The van der Waals surface area contributed by atoms with Crippen molar-refractivity contribution < 1.29 is 9.59 Å². The Morgan fingerprint density at radius 3 is 2.89 bits per heavy atom. The van der Waals surface area contributed by atoms with Crippen LogP contribution < -0.4 is 10.6 Å². The standard InChI is InChI=1S/C12H15N3O2S.ClH/c16-9-5-1-3-7-10(9)18-12(14-7)15-11(17)8-4-2-6-13-8;/h8,13H,1-6H2,(H,14,15,17);1H. The van der Waals surface area contributed by atoms with Gasteiger partial charge in [0, 0.05) is 6.42 Å². The lowest BCUT2D eigenvalue weighted by Gasteiger charge is -2.08. The van der Waals surface area contributed by atoms with Crippen LogP contribution in [0.15, 0.2) is 0 Å². The van der Waals surface area contributed by atoms with Gasteiger partial charge in [0.15, 0.2) is 10.9 Å². The van der Waals surface area contributed by atoms with Gasteiger partial charge in [-0.3, -0.25) is 9.59 Å². The van der Waals surface area contributed by atoms with E-state index in [0.717, 1.165) is 42.8 Å². The molecule has 5 nitrogen and oxygen atoms in total. The Bertz CT molecular complexity index is 497. The molecule has 1 aromatic rings. The summed E-state index contributed by atoms with van der Waals surface area (Å²) in [5.74, 6) is 0.124. The fourth-order valence-electron chi connectivity index (χ4n) is 2.42. The summed E-state index contributed by atoms with van der Waals surface area (Å²) in [6.07, 6.45) is 4.22. The van der Waals surface area contributed by atoms with Crippen LogP contribution in [0.5, 0.6) is 0 Å². The van der Waals surface area contributed by atoms with Crippen LogP contribution in [0, 0.1) is 0 Å². The summed E-state index contributed by atoms with van der Waals surface area (Å²) >= 11 is 1.31. The zero-order chi connectivity index (χ0) is 12.5. The van der Waals surface area contributed by atoms with E-state index < -0.39 is 0 Å². The van der Waals surface area contributed by atoms with Gasteiger partial charge in [-0.25, -0.2) is 4.98 Å². The maximum Gasteiger partial charge on any atom is 0.243 e. The van der Waals surface area contributed by atoms with E-state index in [4.69, 9.17) is 0 Å². The number of hydrogen-bond acceptors (Lipinski definition) is 5. The Labute approximate surface area is 121 Å². The van der Waals surface area contributed by atoms with Crippen LogP contribution in [0.4, 0.5) is 5.13 Å². The second kappa shape index (κ2) is 5.98. The molecule has 0 saturated carbocycles. The van der Waals surface area contributed by atoms with Crippen molar-refractivity contribution in [2.24, 2.45) is 0 Å². The molecule has 2 N–H and O–H groups in total. The van der Waals surface area contributed by atoms with Crippen LogP contribution in [-0.2, 0) is 11.2 Å². The number of fused-ring (bicyclic) bond motifs is 1. The maximum absolute atomic E-state index is 11.9. The quantitative estimate of drug-likeness (QED) is 0.873. The molecule has 3 rings (SSSR count).